The quantitative estimate of drug-likeness (QED) is 0.393. The molecule has 4 aromatic rings. The van der Waals surface area contributed by atoms with Gasteiger partial charge in [0, 0.05) is 12.6 Å². The second-order valence-corrected chi connectivity index (χ2v) is 9.57. The zero-order chi connectivity index (χ0) is 25.4. The Balaban J connectivity index is 1.26. The normalized spacial score (nSPS) is 16.8. The molecule has 0 unspecified atom stereocenters. The molecule has 0 radical (unpaired) electrons. The smallest absolute Gasteiger partial charge is 0.290 e. The molecule has 1 atom stereocenters. The van der Waals surface area contributed by atoms with Gasteiger partial charge in [-0.3, -0.25) is 9.59 Å². The van der Waals surface area contributed by atoms with Crippen LogP contribution in [0.4, 0.5) is 0 Å². The van der Waals surface area contributed by atoms with Crippen molar-refractivity contribution in [1.82, 2.24) is 15.2 Å². The van der Waals surface area contributed by atoms with Crippen LogP contribution >= 0.6 is 0 Å². The molecule has 37 heavy (non-hydrogen) atoms. The Morgan fingerprint density at radius 3 is 2.78 bits per heavy atom. The van der Waals surface area contributed by atoms with Gasteiger partial charge < -0.3 is 23.8 Å². The van der Waals surface area contributed by atoms with E-state index in [0.717, 1.165) is 41.5 Å². The number of ether oxygens (including phenoxy) is 1. The highest BCUT2D eigenvalue weighted by atomic mass is 16.5. The summed E-state index contributed by atoms with van der Waals surface area (Å²) in [4.78, 5) is 31.7. The van der Waals surface area contributed by atoms with Gasteiger partial charge in [0.2, 0.25) is 5.89 Å². The van der Waals surface area contributed by atoms with Crippen molar-refractivity contribution in [3.05, 3.63) is 107 Å². The van der Waals surface area contributed by atoms with Crippen LogP contribution in [0.3, 0.4) is 0 Å². The molecule has 8 nitrogen and oxygen atoms in total. The summed E-state index contributed by atoms with van der Waals surface area (Å²) >= 11 is 0. The van der Waals surface area contributed by atoms with Gasteiger partial charge in [-0.05, 0) is 67.1 Å². The highest BCUT2D eigenvalue weighted by Gasteiger charge is 2.34. The minimum absolute atomic E-state index is 0.0830. The highest BCUT2D eigenvalue weighted by Crippen LogP contribution is 2.38. The number of aromatic nitrogens is 1. The molecule has 1 N–H and O–H groups in total. The lowest BCUT2D eigenvalue weighted by Crippen LogP contribution is -2.40. The molecule has 8 heteroatoms. The number of oxazole rings is 1. The first-order valence-corrected chi connectivity index (χ1v) is 12.5. The number of benzene rings is 2. The number of hydrogen-bond donors (Lipinski definition) is 1. The van der Waals surface area contributed by atoms with Crippen LogP contribution in [-0.4, -0.2) is 34.3 Å². The zero-order valence-electron chi connectivity index (χ0n) is 20.5. The Hall–Kier alpha value is -4.33. The third-order valence-electron chi connectivity index (χ3n) is 6.76. The molecular formula is C29H27N3O5. The summed E-state index contributed by atoms with van der Waals surface area (Å²) in [6.45, 7) is 2.70. The fourth-order valence-electron chi connectivity index (χ4n) is 4.76. The van der Waals surface area contributed by atoms with Crippen molar-refractivity contribution in [3.8, 4) is 5.75 Å². The Labute approximate surface area is 214 Å². The summed E-state index contributed by atoms with van der Waals surface area (Å²) in [6.07, 6.45) is 5.61. The first-order chi connectivity index (χ1) is 18.0. The number of hydrogen-bond acceptors (Lipinski definition) is 6. The van der Waals surface area contributed by atoms with Gasteiger partial charge in [0.05, 0.1) is 12.3 Å². The molecule has 0 spiro atoms. The van der Waals surface area contributed by atoms with E-state index < -0.39 is 0 Å². The topological polar surface area (TPSA) is 97.8 Å². The van der Waals surface area contributed by atoms with Crippen molar-refractivity contribution >= 4 is 11.8 Å². The van der Waals surface area contributed by atoms with Crippen LogP contribution in [0.25, 0.3) is 0 Å². The van der Waals surface area contributed by atoms with Gasteiger partial charge in [-0.15, -0.1) is 0 Å². The lowest BCUT2D eigenvalue weighted by molar-refractivity contribution is 0.0661. The number of aryl methyl sites for hydroxylation is 1. The third kappa shape index (κ3) is 4.87. The fraction of sp³-hybridized carbons (Fsp3) is 0.276. The fourth-order valence-corrected chi connectivity index (χ4v) is 4.76. The van der Waals surface area contributed by atoms with Crippen molar-refractivity contribution in [2.75, 3.05) is 6.54 Å². The average Bonchev–Trinajstić information content (AvgIpc) is 3.35. The standard InChI is InChI=1S/C29H27N3O5/c1-18-4-2-5-20(14-18)27-23-15-22(36-17-26-31-24(16-37-26)28(33)30-21-8-9-21)10-7-19(23)11-12-32(27)29(34)25-6-3-13-35-25/h2-7,10,13-16,21,27H,8-9,11-12,17H2,1H3,(H,30,33)/t27-/m1/s1. The zero-order valence-corrected chi connectivity index (χ0v) is 20.5. The molecule has 1 aliphatic carbocycles. The summed E-state index contributed by atoms with van der Waals surface area (Å²) in [6, 6.07) is 17.5. The molecular weight excluding hydrogens is 470 g/mol. The van der Waals surface area contributed by atoms with Crippen molar-refractivity contribution in [2.24, 2.45) is 0 Å². The Morgan fingerprint density at radius 1 is 1.11 bits per heavy atom. The molecule has 1 saturated carbocycles. The monoisotopic (exact) mass is 497 g/mol. The lowest BCUT2D eigenvalue weighted by atomic mass is 9.87. The van der Waals surface area contributed by atoms with E-state index in [2.05, 4.69) is 16.4 Å². The predicted molar refractivity (Wildman–Crippen MR) is 134 cm³/mol. The molecule has 2 aromatic heterocycles. The molecule has 0 bridgehead atoms. The van der Waals surface area contributed by atoms with E-state index in [1.54, 1.807) is 12.1 Å². The number of carbonyl (C=O) groups is 2. The number of rotatable bonds is 7. The van der Waals surface area contributed by atoms with E-state index >= 15 is 0 Å². The van der Waals surface area contributed by atoms with Crippen molar-refractivity contribution in [2.45, 2.75) is 44.9 Å². The number of fused-ring (bicyclic) bond motifs is 1. The average molecular weight is 498 g/mol. The van der Waals surface area contributed by atoms with E-state index in [-0.39, 0.29) is 36.2 Å². The summed E-state index contributed by atoms with van der Waals surface area (Å²) < 4.78 is 16.9. The maximum atomic E-state index is 13.4. The van der Waals surface area contributed by atoms with E-state index in [0.29, 0.717) is 23.9 Å². The molecule has 3 heterocycles. The molecule has 0 saturated heterocycles. The van der Waals surface area contributed by atoms with E-state index in [1.165, 1.54) is 12.5 Å². The Bertz CT molecular complexity index is 1440. The van der Waals surface area contributed by atoms with Gasteiger partial charge in [-0.2, -0.15) is 0 Å². The molecule has 1 aliphatic heterocycles. The Kier molecular flexibility index (Phi) is 6.00. The summed E-state index contributed by atoms with van der Waals surface area (Å²) in [5.41, 5.74) is 4.57. The minimum atomic E-state index is -0.288. The van der Waals surface area contributed by atoms with Crippen LogP contribution in [0.1, 0.15) is 68.1 Å². The van der Waals surface area contributed by atoms with Gasteiger partial charge in [0.1, 0.15) is 12.0 Å². The number of nitrogens with zero attached hydrogens (tertiary/aromatic N) is 2. The summed E-state index contributed by atoms with van der Waals surface area (Å²) in [5, 5.41) is 2.90. The molecule has 6 rings (SSSR count). The first-order valence-electron chi connectivity index (χ1n) is 12.5. The number of carbonyl (C=O) groups excluding carboxylic acids is 2. The van der Waals surface area contributed by atoms with Crippen LogP contribution in [-0.2, 0) is 13.0 Å². The van der Waals surface area contributed by atoms with Crippen LogP contribution < -0.4 is 10.1 Å². The van der Waals surface area contributed by atoms with Crippen molar-refractivity contribution in [3.63, 3.8) is 0 Å². The summed E-state index contributed by atoms with van der Waals surface area (Å²) in [7, 11) is 0. The number of nitrogens with one attached hydrogen (secondary N) is 1. The number of amides is 2. The number of furan rings is 1. The minimum Gasteiger partial charge on any atom is -0.484 e. The molecule has 2 aromatic carbocycles. The molecule has 1 fully saturated rings. The SMILES string of the molecule is Cc1cccc([C@@H]2c3cc(OCc4nc(C(=O)NC5CC5)co4)ccc3CCN2C(=O)c2ccco2)c1. The van der Waals surface area contributed by atoms with Crippen molar-refractivity contribution < 1.29 is 23.2 Å². The molecule has 2 amide bonds. The largest absolute Gasteiger partial charge is 0.484 e. The maximum Gasteiger partial charge on any atom is 0.290 e. The van der Waals surface area contributed by atoms with Gasteiger partial charge >= 0.3 is 0 Å². The Morgan fingerprint density at radius 2 is 2.00 bits per heavy atom. The van der Waals surface area contributed by atoms with Crippen LogP contribution in [0.2, 0.25) is 0 Å². The van der Waals surface area contributed by atoms with Crippen molar-refractivity contribution in [1.29, 1.82) is 0 Å². The van der Waals surface area contributed by atoms with E-state index in [1.807, 2.05) is 48.2 Å². The van der Waals surface area contributed by atoms with Crippen LogP contribution in [0, 0.1) is 6.92 Å². The second kappa shape index (κ2) is 9.61. The summed E-state index contributed by atoms with van der Waals surface area (Å²) in [5.74, 6) is 0.896. The molecule has 188 valence electrons. The maximum absolute atomic E-state index is 13.4. The predicted octanol–water partition coefficient (Wildman–Crippen LogP) is 4.84. The first kappa shape index (κ1) is 23.1. The van der Waals surface area contributed by atoms with Gasteiger partial charge in [0.25, 0.3) is 11.8 Å². The second-order valence-electron chi connectivity index (χ2n) is 9.57. The van der Waals surface area contributed by atoms with Gasteiger partial charge in [-0.25, -0.2) is 4.98 Å². The highest BCUT2D eigenvalue weighted by molar-refractivity contribution is 5.92. The third-order valence-corrected chi connectivity index (χ3v) is 6.76. The van der Waals surface area contributed by atoms with Gasteiger partial charge in [0.15, 0.2) is 18.1 Å². The van der Waals surface area contributed by atoms with Crippen LogP contribution in [0.5, 0.6) is 5.75 Å². The van der Waals surface area contributed by atoms with Crippen LogP contribution in [0.15, 0.2) is 76.0 Å². The molecule has 2 aliphatic rings. The van der Waals surface area contributed by atoms with Gasteiger partial charge in [-0.1, -0.05) is 35.9 Å². The lowest BCUT2D eigenvalue weighted by Gasteiger charge is -2.37. The van der Waals surface area contributed by atoms with E-state index in [4.69, 9.17) is 13.6 Å². The van der Waals surface area contributed by atoms with E-state index in [9.17, 15) is 9.59 Å².